The number of nitro benzene ring substituents is 1. The van der Waals surface area contributed by atoms with E-state index in [1.807, 2.05) is 4.72 Å². The third-order valence-electron chi connectivity index (χ3n) is 2.85. The Bertz CT molecular complexity index is 1030. The van der Waals surface area contributed by atoms with Crippen LogP contribution in [-0.4, -0.2) is 40.1 Å². The molecule has 1 aromatic heterocycles. The van der Waals surface area contributed by atoms with Crippen LogP contribution in [-0.2, 0) is 14.8 Å². The van der Waals surface area contributed by atoms with E-state index >= 15 is 0 Å². The molecular weight excluding hydrogens is 390 g/mol. The number of aliphatic carboxylic acids is 1. The van der Waals surface area contributed by atoms with Gasteiger partial charge >= 0.3 is 5.97 Å². The SMILES string of the molecule is Nc1nc(SCC(=O)O)[nH]c(=O)c1NS(=O)(=O)c1ccccc1[N+](=O)[O-]. The van der Waals surface area contributed by atoms with Gasteiger partial charge < -0.3 is 10.8 Å². The van der Waals surface area contributed by atoms with Gasteiger partial charge in [0.15, 0.2) is 21.6 Å². The Balaban J connectivity index is 2.41. The molecule has 0 bridgehead atoms. The number of nitrogens with zero attached hydrogens (tertiary/aromatic N) is 2. The number of anilines is 2. The third-order valence-corrected chi connectivity index (χ3v) is 5.10. The number of aromatic amines is 1. The van der Waals surface area contributed by atoms with Crippen LogP contribution in [0.2, 0.25) is 0 Å². The van der Waals surface area contributed by atoms with Gasteiger partial charge in [0.2, 0.25) is 0 Å². The molecule has 0 atom stereocenters. The Kier molecular flexibility index (Phi) is 5.47. The molecule has 1 heterocycles. The molecule has 0 aliphatic carbocycles. The number of thioether (sulfide) groups is 1. The van der Waals surface area contributed by atoms with Crippen molar-refractivity contribution in [2.75, 3.05) is 16.2 Å². The van der Waals surface area contributed by atoms with Crippen molar-refractivity contribution in [2.45, 2.75) is 10.1 Å². The van der Waals surface area contributed by atoms with Crippen LogP contribution in [0.4, 0.5) is 17.2 Å². The van der Waals surface area contributed by atoms with Gasteiger partial charge in [-0.05, 0) is 6.07 Å². The first-order valence-electron chi connectivity index (χ1n) is 6.62. The highest BCUT2D eigenvalue weighted by atomic mass is 32.2. The molecule has 0 radical (unpaired) electrons. The van der Waals surface area contributed by atoms with E-state index in [1.165, 1.54) is 12.1 Å². The minimum atomic E-state index is -4.51. The highest BCUT2D eigenvalue weighted by Crippen LogP contribution is 2.26. The Morgan fingerprint density at radius 2 is 2.08 bits per heavy atom. The van der Waals surface area contributed by atoms with Crippen LogP contribution in [0.25, 0.3) is 0 Å². The Morgan fingerprint density at radius 1 is 1.42 bits per heavy atom. The number of aromatic nitrogens is 2. The molecule has 0 aliphatic heterocycles. The van der Waals surface area contributed by atoms with Gasteiger partial charge in [0.1, 0.15) is 0 Å². The first kappa shape index (κ1) is 19.2. The molecule has 138 valence electrons. The molecule has 14 heteroatoms. The highest BCUT2D eigenvalue weighted by Gasteiger charge is 2.27. The maximum absolute atomic E-state index is 12.4. The van der Waals surface area contributed by atoms with Crippen LogP contribution in [0, 0.1) is 10.1 Å². The fourth-order valence-corrected chi connectivity index (χ4v) is 3.63. The van der Waals surface area contributed by atoms with Gasteiger partial charge in [-0.2, -0.15) is 0 Å². The van der Waals surface area contributed by atoms with Crippen LogP contribution in [0.3, 0.4) is 0 Å². The second-order valence-corrected chi connectivity index (χ2v) is 7.26. The maximum Gasteiger partial charge on any atom is 0.313 e. The van der Waals surface area contributed by atoms with E-state index in [-0.39, 0.29) is 5.16 Å². The fraction of sp³-hybridized carbons (Fsp3) is 0.0833. The first-order valence-corrected chi connectivity index (χ1v) is 9.09. The number of hydrogen-bond donors (Lipinski definition) is 4. The lowest BCUT2D eigenvalue weighted by molar-refractivity contribution is -0.387. The highest BCUT2D eigenvalue weighted by molar-refractivity contribution is 7.99. The summed E-state index contributed by atoms with van der Waals surface area (Å²) >= 11 is 0.674. The Labute approximate surface area is 149 Å². The van der Waals surface area contributed by atoms with E-state index in [9.17, 15) is 28.1 Å². The molecule has 0 fully saturated rings. The zero-order valence-corrected chi connectivity index (χ0v) is 14.3. The number of carboxylic acids is 1. The lowest BCUT2D eigenvalue weighted by Crippen LogP contribution is -2.24. The fourth-order valence-electron chi connectivity index (χ4n) is 1.79. The van der Waals surface area contributed by atoms with E-state index in [0.717, 1.165) is 12.1 Å². The van der Waals surface area contributed by atoms with Crippen LogP contribution in [0.5, 0.6) is 0 Å². The number of rotatable bonds is 7. The van der Waals surface area contributed by atoms with Crippen molar-refractivity contribution in [1.29, 1.82) is 0 Å². The van der Waals surface area contributed by atoms with E-state index in [4.69, 9.17) is 10.8 Å². The molecule has 2 rings (SSSR count). The number of sulfonamides is 1. The van der Waals surface area contributed by atoms with Crippen molar-refractivity contribution >= 4 is 44.9 Å². The topological polar surface area (TPSA) is 198 Å². The van der Waals surface area contributed by atoms with Crippen LogP contribution in [0.15, 0.2) is 39.1 Å². The number of H-pyrrole nitrogens is 1. The number of nitrogens with two attached hydrogens (primary N) is 1. The predicted molar refractivity (Wildman–Crippen MR) is 91.5 cm³/mol. The second kappa shape index (κ2) is 7.40. The molecule has 0 aliphatic rings. The zero-order valence-electron chi connectivity index (χ0n) is 12.7. The lowest BCUT2D eigenvalue weighted by atomic mass is 10.3. The number of nitro groups is 1. The molecule has 1 aromatic carbocycles. The molecule has 12 nitrogen and oxygen atoms in total. The average Bonchev–Trinajstić information content (AvgIpc) is 2.56. The van der Waals surface area contributed by atoms with E-state index in [1.54, 1.807) is 0 Å². The van der Waals surface area contributed by atoms with Crippen LogP contribution in [0.1, 0.15) is 0 Å². The largest absolute Gasteiger partial charge is 0.481 e. The number of hydrogen-bond acceptors (Lipinski definition) is 9. The maximum atomic E-state index is 12.4. The Hall–Kier alpha value is -3.13. The van der Waals surface area contributed by atoms with E-state index in [0.29, 0.717) is 11.8 Å². The van der Waals surface area contributed by atoms with Gasteiger partial charge in [-0.15, -0.1) is 0 Å². The summed E-state index contributed by atoms with van der Waals surface area (Å²) in [4.78, 5) is 37.9. The number of nitrogen functional groups attached to an aromatic ring is 1. The summed E-state index contributed by atoms with van der Waals surface area (Å²) in [6, 6.07) is 4.55. The minimum absolute atomic E-state index is 0.122. The van der Waals surface area contributed by atoms with Crippen molar-refractivity contribution in [3.8, 4) is 0 Å². The van der Waals surface area contributed by atoms with Crippen molar-refractivity contribution in [3.05, 3.63) is 44.7 Å². The Morgan fingerprint density at radius 3 is 2.65 bits per heavy atom. The summed E-state index contributed by atoms with van der Waals surface area (Å²) < 4.78 is 26.7. The number of para-hydroxylation sites is 1. The van der Waals surface area contributed by atoms with Gasteiger partial charge in [-0.3, -0.25) is 29.4 Å². The van der Waals surface area contributed by atoms with Gasteiger partial charge in [0.25, 0.3) is 21.3 Å². The van der Waals surface area contributed by atoms with Crippen LogP contribution < -0.4 is 16.0 Å². The summed E-state index contributed by atoms with van der Waals surface area (Å²) in [6.07, 6.45) is 0. The molecule has 0 saturated carbocycles. The number of carboxylic acid groups (broad SMARTS) is 1. The summed E-state index contributed by atoms with van der Waals surface area (Å²) in [7, 11) is -4.51. The third kappa shape index (κ3) is 4.28. The minimum Gasteiger partial charge on any atom is -0.481 e. The normalized spacial score (nSPS) is 11.1. The van der Waals surface area contributed by atoms with Crippen molar-refractivity contribution in [1.82, 2.24) is 9.97 Å². The molecule has 0 unspecified atom stereocenters. The second-order valence-electron chi connectivity index (χ2n) is 4.64. The predicted octanol–water partition coefficient (Wildman–Crippen LogP) is 0.238. The zero-order chi connectivity index (χ0) is 19.5. The molecular formula is C12H11N5O7S2. The molecule has 0 amide bonds. The number of nitrogens with one attached hydrogen (secondary N) is 2. The summed E-state index contributed by atoms with van der Waals surface area (Å²) in [6.45, 7) is 0. The standard InChI is InChI=1S/C12H11N5O7S2/c13-10-9(11(20)15-12(14-10)25-5-8(18)19)16-26(23,24)7-4-2-1-3-6(7)17(21)22/h1-4,16H,5H2,(H,18,19)(H3,13,14,15,20). The summed E-state index contributed by atoms with van der Waals surface area (Å²) in [5.41, 5.74) is 3.26. The van der Waals surface area contributed by atoms with E-state index in [2.05, 4.69) is 9.97 Å². The van der Waals surface area contributed by atoms with Crippen molar-refractivity contribution in [2.24, 2.45) is 0 Å². The van der Waals surface area contributed by atoms with Crippen molar-refractivity contribution in [3.63, 3.8) is 0 Å². The molecule has 26 heavy (non-hydrogen) atoms. The van der Waals surface area contributed by atoms with Gasteiger partial charge in [-0.1, -0.05) is 23.9 Å². The van der Waals surface area contributed by atoms with Gasteiger partial charge in [0, 0.05) is 6.07 Å². The molecule has 0 spiro atoms. The summed E-state index contributed by atoms with van der Waals surface area (Å²) in [5.74, 6) is -2.06. The smallest absolute Gasteiger partial charge is 0.313 e. The molecule has 0 saturated heterocycles. The van der Waals surface area contributed by atoms with Crippen molar-refractivity contribution < 1.29 is 23.2 Å². The lowest BCUT2D eigenvalue weighted by Gasteiger charge is -2.10. The summed E-state index contributed by atoms with van der Waals surface area (Å²) in [5, 5.41) is 19.5. The molecule has 5 N–H and O–H groups in total. The monoisotopic (exact) mass is 401 g/mol. The average molecular weight is 401 g/mol. The van der Waals surface area contributed by atoms with E-state index < -0.39 is 54.3 Å². The quantitative estimate of drug-likeness (QED) is 0.215. The first-order chi connectivity index (χ1) is 12.1. The number of carbonyl (C=O) groups is 1. The van der Waals surface area contributed by atoms with Gasteiger partial charge in [0.05, 0.1) is 10.7 Å². The van der Waals surface area contributed by atoms with Gasteiger partial charge in [-0.25, -0.2) is 13.4 Å². The van der Waals surface area contributed by atoms with Crippen LogP contribution >= 0.6 is 11.8 Å². The number of benzene rings is 1. The molecule has 2 aromatic rings.